The molecule has 6 rings (SSSR count). The number of azo groups is 3. The quantitative estimate of drug-likeness (QED) is 0.0251. The number of nitro benzene ring substituents is 1. The van der Waals surface area contributed by atoms with E-state index >= 15 is 0 Å². The molecule has 1 aliphatic heterocycles. The number of non-ortho nitro benzene ring substituents is 1. The van der Waals surface area contributed by atoms with Crippen LogP contribution in [-0.4, -0.2) is 127 Å². The number of carboxylic acid groups (broad SMARTS) is 1. The van der Waals surface area contributed by atoms with Gasteiger partial charge in [0.1, 0.15) is 67.8 Å². The number of aromatic hydroxyl groups is 1. The van der Waals surface area contributed by atoms with Crippen LogP contribution in [-0.2, 0) is 50.1 Å². The smallest absolute Gasteiger partial charge is 0.355 e. The van der Waals surface area contributed by atoms with Gasteiger partial charge in [0.2, 0.25) is 6.04 Å². The van der Waals surface area contributed by atoms with Gasteiger partial charge < -0.3 is 29.9 Å². The molecule has 0 saturated carbocycles. The number of hydrogen-bond donors (Lipinski definition) is 8. The molecule has 0 aliphatic carbocycles. The number of carbonyl (C=O) groups excluding carboxylic acids is 1. The number of benzene rings is 5. The molecule has 1 heterocycles. The Morgan fingerprint density at radius 3 is 1.73 bits per heavy atom. The van der Waals surface area contributed by atoms with Gasteiger partial charge in [-0.3, -0.25) is 33.1 Å². The first kappa shape index (κ1) is 52.5. The first-order chi connectivity index (χ1) is 33.1. The van der Waals surface area contributed by atoms with Crippen molar-refractivity contribution in [3.05, 3.63) is 82.9 Å². The molecule has 35 heteroatoms. The highest BCUT2D eigenvalue weighted by Crippen LogP contribution is 2.47. The summed E-state index contributed by atoms with van der Waals surface area (Å²) in [6, 6.07) is 7.60. The number of phenols is 1. The number of amides is 1. The molecule has 1 amide bonds. The molecule has 5 aromatic carbocycles. The molecule has 0 saturated heterocycles. The molecule has 5 aromatic rings. The fraction of sp³-hybridized carbons (Fsp3) is 0.139. The zero-order valence-corrected chi connectivity index (χ0v) is 38.1. The van der Waals surface area contributed by atoms with Crippen molar-refractivity contribution in [1.29, 1.82) is 0 Å². The number of rotatable bonds is 19. The van der Waals surface area contributed by atoms with Crippen LogP contribution >= 0.6 is 0 Å². The van der Waals surface area contributed by atoms with E-state index in [-0.39, 0.29) is 17.1 Å². The summed E-state index contributed by atoms with van der Waals surface area (Å²) >= 11 is 0. The molecule has 1 unspecified atom stereocenters. The van der Waals surface area contributed by atoms with Gasteiger partial charge in [-0.05, 0) is 48.5 Å². The van der Waals surface area contributed by atoms with E-state index in [0.717, 1.165) is 60.7 Å². The Morgan fingerprint density at radius 2 is 1.23 bits per heavy atom. The molecule has 71 heavy (non-hydrogen) atoms. The van der Waals surface area contributed by atoms with Crippen molar-refractivity contribution < 1.29 is 96.3 Å². The number of carboxylic acids is 1. The van der Waals surface area contributed by atoms with Crippen LogP contribution in [0.5, 0.6) is 17.2 Å². The summed E-state index contributed by atoms with van der Waals surface area (Å²) < 4.78 is 149. The molecule has 0 bridgehead atoms. The lowest BCUT2D eigenvalue weighted by molar-refractivity contribution is -0.385. The normalized spacial score (nSPS) is 14.8. The minimum atomic E-state index is -5.60. The first-order valence-corrected chi connectivity index (χ1v) is 24.6. The monoisotopic (exact) mass is 1070 g/mol. The van der Waals surface area contributed by atoms with E-state index in [1.165, 1.54) is 0 Å². The van der Waals surface area contributed by atoms with Gasteiger partial charge in [-0.15, -0.1) is 20.5 Å². The van der Waals surface area contributed by atoms with E-state index in [1.807, 2.05) is 0 Å². The van der Waals surface area contributed by atoms with E-state index in [0.29, 0.717) is 17.1 Å². The van der Waals surface area contributed by atoms with E-state index in [1.54, 1.807) is 0 Å². The highest BCUT2D eigenvalue weighted by Gasteiger charge is 2.41. The number of carbonyl (C=O) groups is 2. The Balaban J connectivity index is 1.46. The molecule has 0 aromatic heterocycles. The van der Waals surface area contributed by atoms with Crippen LogP contribution in [0.4, 0.5) is 39.8 Å². The number of hydrogen-bond acceptors (Lipinski definition) is 24. The summed E-state index contributed by atoms with van der Waals surface area (Å²) in [6.45, 7) is -2.24. The van der Waals surface area contributed by atoms with Crippen LogP contribution in [0.15, 0.2) is 128 Å². The second-order valence-electron chi connectivity index (χ2n) is 13.8. The van der Waals surface area contributed by atoms with Crippen LogP contribution in [0.3, 0.4) is 0 Å². The van der Waals surface area contributed by atoms with Gasteiger partial charge in [0.05, 0.1) is 28.7 Å². The molecular weight excluding hydrogens is 1040 g/mol. The number of hydrazone groups is 1. The summed E-state index contributed by atoms with van der Waals surface area (Å²) in [7, 11) is -21.0. The summed E-state index contributed by atoms with van der Waals surface area (Å²) in [6.07, 6.45) is 0. The minimum Gasteiger partial charge on any atom is -0.505 e. The van der Waals surface area contributed by atoms with Gasteiger partial charge in [-0.2, -0.15) is 54.0 Å². The number of phenolic OH excluding ortho intramolecular Hbond substituents is 1. The third kappa shape index (κ3) is 11.6. The molecule has 1 aliphatic rings. The Bertz CT molecular complexity index is 3630. The number of aliphatic hydroxyl groups is 2. The maximum absolute atomic E-state index is 13.3. The largest absolute Gasteiger partial charge is 0.505 e. The Morgan fingerprint density at radius 1 is 0.676 bits per heavy atom. The highest BCUT2D eigenvalue weighted by atomic mass is 32.2. The van der Waals surface area contributed by atoms with Crippen LogP contribution in [0.1, 0.15) is 0 Å². The molecule has 8 N–H and O–H groups in total. The zero-order valence-electron chi connectivity index (χ0n) is 34.8. The van der Waals surface area contributed by atoms with E-state index in [2.05, 4.69) is 35.8 Å². The standard InChI is InChI=1S/C36H29N9O22S4/c46-9-11-66-26-16-25(27(67-12-10-47)15-24(26)39-37-22-7-3-18(45(52)53)13-28(22)69(57,58)59)40-41-30-29(70(60,61)62)14-21-20(33(30)48)6-8-23(34(21)71(63,64)65)38-42-31-32(36(50)51)43-44(35(31)49)17-1-4-19(5-2-17)68(54,55)56/h1-8,13-16,31,46-48H,9-12H2,(H,50,51)(H,54,55,56)(H,57,58,59)(H,60,61,62)(H,63,64,65)/b39-37+,41-40+,42-38+. The van der Waals surface area contributed by atoms with Crippen molar-refractivity contribution in [1.82, 2.24) is 0 Å². The molecule has 374 valence electrons. The fourth-order valence-corrected chi connectivity index (χ4v) is 8.74. The lowest BCUT2D eigenvalue weighted by atomic mass is 10.1. The lowest BCUT2D eigenvalue weighted by Gasteiger charge is -2.14. The highest BCUT2D eigenvalue weighted by molar-refractivity contribution is 7.87. The number of nitro groups is 1. The van der Waals surface area contributed by atoms with Crippen molar-refractivity contribution in [3.63, 3.8) is 0 Å². The van der Waals surface area contributed by atoms with Crippen molar-refractivity contribution in [2.75, 3.05) is 31.4 Å². The maximum atomic E-state index is 13.3. The minimum absolute atomic E-state index is 0.229. The maximum Gasteiger partial charge on any atom is 0.355 e. The molecule has 31 nitrogen and oxygen atoms in total. The summed E-state index contributed by atoms with van der Waals surface area (Å²) in [4.78, 5) is 31.4. The van der Waals surface area contributed by atoms with Crippen LogP contribution in [0, 0.1) is 10.1 Å². The molecule has 1 atom stereocenters. The molecule has 0 spiro atoms. The second-order valence-corrected chi connectivity index (χ2v) is 19.3. The second kappa shape index (κ2) is 20.2. The molecule has 0 radical (unpaired) electrons. The fourth-order valence-electron chi connectivity index (χ4n) is 6.15. The lowest BCUT2D eigenvalue weighted by Crippen LogP contribution is -2.33. The predicted octanol–water partition coefficient (Wildman–Crippen LogP) is 3.95. The topological polar surface area (TPSA) is 484 Å². The van der Waals surface area contributed by atoms with Gasteiger partial charge in [0.25, 0.3) is 52.1 Å². The SMILES string of the molecule is O=C(O)C1=NN(c2ccc(S(=O)(=O)O)cc2)C(=O)C1/N=N/c1ccc2c(O)c(/N=N/c3cc(OCCO)c(/N=N/c4ccc([N+](=O)[O-])cc4S(=O)(=O)O)cc3OCCO)c(S(=O)(=O)O)cc2c1S(=O)(=O)O. The van der Waals surface area contributed by atoms with Crippen molar-refractivity contribution in [2.24, 2.45) is 35.8 Å². The van der Waals surface area contributed by atoms with Gasteiger partial charge in [-0.25, -0.2) is 4.79 Å². The van der Waals surface area contributed by atoms with Gasteiger partial charge in [-0.1, -0.05) is 0 Å². The van der Waals surface area contributed by atoms with E-state index < -0.39 is 166 Å². The Kier molecular flexibility index (Phi) is 15.0. The van der Waals surface area contributed by atoms with Gasteiger partial charge in [0, 0.05) is 35.0 Å². The average molecular weight is 1070 g/mol. The van der Waals surface area contributed by atoms with E-state index in [9.17, 15) is 92.0 Å². The van der Waals surface area contributed by atoms with Gasteiger partial charge >= 0.3 is 5.97 Å². The number of ether oxygens (including phenoxy) is 2. The number of nitrogens with zero attached hydrogens (tertiary/aromatic N) is 9. The van der Waals surface area contributed by atoms with Gasteiger partial charge in [0.15, 0.2) is 11.5 Å². The first-order valence-electron chi connectivity index (χ1n) is 18.8. The Hall–Kier alpha value is -7.87. The number of fused-ring (bicyclic) bond motifs is 1. The zero-order chi connectivity index (χ0) is 52.4. The summed E-state index contributed by atoms with van der Waals surface area (Å²) in [5, 5.41) is 76.4. The number of aliphatic carboxylic acids is 1. The van der Waals surface area contributed by atoms with Crippen molar-refractivity contribution >= 4 is 109 Å². The Labute approximate surface area is 396 Å². The summed E-state index contributed by atoms with van der Waals surface area (Å²) in [5.41, 5.74) is -5.43. The van der Waals surface area contributed by atoms with Crippen LogP contribution in [0.2, 0.25) is 0 Å². The predicted molar refractivity (Wildman–Crippen MR) is 235 cm³/mol. The molecule has 0 fully saturated rings. The van der Waals surface area contributed by atoms with Crippen LogP contribution in [0.25, 0.3) is 10.8 Å². The third-order valence-corrected chi connectivity index (χ3v) is 12.7. The van der Waals surface area contributed by atoms with Crippen molar-refractivity contribution in [2.45, 2.75) is 25.6 Å². The average Bonchev–Trinajstić information content (AvgIpc) is 3.62. The number of aliphatic hydroxyl groups excluding tert-OH is 2. The molecular formula is C36H29N9O22S4. The summed E-state index contributed by atoms with van der Waals surface area (Å²) in [5.74, 6) is -5.10. The van der Waals surface area contributed by atoms with E-state index in [4.69, 9.17) is 9.47 Å². The van der Waals surface area contributed by atoms with Crippen LogP contribution < -0.4 is 14.5 Å². The van der Waals surface area contributed by atoms with Crippen molar-refractivity contribution in [3.8, 4) is 17.2 Å². The number of anilines is 1. The third-order valence-electron chi connectivity index (χ3n) is 9.18.